The minimum atomic E-state index is -1.09. The molecule has 0 bridgehead atoms. The van der Waals surface area contributed by atoms with E-state index in [0.29, 0.717) is 5.03 Å². The average Bonchev–Trinajstić information content (AvgIpc) is 2.47. The molecule has 0 radical (unpaired) electrons. The molecule has 2 heterocycles. The maximum atomic E-state index is 11.0. The molecule has 0 saturated carbocycles. The first-order valence-electron chi connectivity index (χ1n) is 5.58. The lowest BCUT2D eigenvalue weighted by Crippen LogP contribution is -1.98. The van der Waals surface area contributed by atoms with Gasteiger partial charge in [-0.2, -0.15) is 4.98 Å². The normalized spacial score (nSPS) is 10.1. The Hall–Kier alpha value is -2.68. The summed E-state index contributed by atoms with van der Waals surface area (Å²) in [6, 6.07) is 5.51. The number of rotatable bonds is 5. The van der Waals surface area contributed by atoms with E-state index in [1.807, 2.05) is 0 Å². The Balaban J connectivity index is 2.33. The van der Waals surface area contributed by atoms with Gasteiger partial charge in [0.1, 0.15) is 5.03 Å². The standard InChI is InChI=1S/C12H9N3O5S/c1-20-9-4-3-8(15(18)19)11(14-9)21-10-5-2-7(6-13-10)12(16)17/h2-6H,1H3,(H,16,17). The molecule has 1 N–H and O–H groups in total. The van der Waals surface area contributed by atoms with Gasteiger partial charge >= 0.3 is 11.7 Å². The van der Waals surface area contributed by atoms with Crippen LogP contribution >= 0.6 is 11.8 Å². The molecule has 21 heavy (non-hydrogen) atoms. The number of carboxylic acids is 1. The van der Waals surface area contributed by atoms with E-state index in [-0.39, 0.29) is 22.2 Å². The second-order valence-electron chi connectivity index (χ2n) is 3.73. The number of hydrogen-bond donors (Lipinski definition) is 1. The van der Waals surface area contributed by atoms with Crippen LogP contribution in [0.2, 0.25) is 0 Å². The smallest absolute Gasteiger partial charge is 0.337 e. The van der Waals surface area contributed by atoms with Crippen LogP contribution in [0.25, 0.3) is 0 Å². The van der Waals surface area contributed by atoms with Crippen LogP contribution in [0.1, 0.15) is 10.4 Å². The number of methoxy groups -OCH3 is 1. The Morgan fingerprint density at radius 2 is 2.14 bits per heavy atom. The van der Waals surface area contributed by atoms with Crippen LogP contribution in [0.3, 0.4) is 0 Å². The summed E-state index contributed by atoms with van der Waals surface area (Å²) in [5, 5.41) is 20.3. The van der Waals surface area contributed by atoms with Gasteiger partial charge in [0.05, 0.1) is 17.6 Å². The Morgan fingerprint density at radius 1 is 1.38 bits per heavy atom. The van der Waals surface area contributed by atoms with Crippen molar-refractivity contribution in [2.45, 2.75) is 10.1 Å². The molecule has 0 aliphatic rings. The van der Waals surface area contributed by atoms with Gasteiger partial charge in [-0.25, -0.2) is 9.78 Å². The van der Waals surface area contributed by atoms with Crippen LogP contribution in [-0.2, 0) is 0 Å². The van der Waals surface area contributed by atoms with E-state index >= 15 is 0 Å². The van der Waals surface area contributed by atoms with Crippen molar-refractivity contribution in [3.63, 3.8) is 0 Å². The highest BCUT2D eigenvalue weighted by Crippen LogP contribution is 2.33. The number of ether oxygens (including phenoxy) is 1. The number of carbonyl (C=O) groups is 1. The molecule has 0 amide bonds. The van der Waals surface area contributed by atoms with Crippen LogP contribution in [0.5, 0.6) is 5.88 Å². The Bertz CT molecular complexity index is 690. The highest BCUT2D eigenvalue weighted by atomic mass is 32.2. The number of aromatic nitrogens is 2. The molecule has 8 nitrogen and oxygen atoms in total. The van der Waals surface area contributed by atoms with E-state index in [1.165, 1.54) is 37.6 Å². The number of carboxylic acid groups (broad SMARTS) is 1. The van der Waals surface area contributed by atoms with E-state index in [0.717, 1.165) is 11.8 Å². The highest BCUT2D eigenvalue weighted by Gasteiger charge is 2.18. The van der Waals surface area contributed by atoms with E-state index in [2.05, 4.69) is 9.97 Å². The molecule has 0 aromatic carbocycles. The summed E-state index contributed by atoms with van der Waals surface area (Å²) in [6.45, 7) is 0. The van der Waals surface area contributed by atoms with Crippen molar-refractivity contribution in [2.75, 3.05) is 7.11 Å². The maximum Gasteiger partial charge on any atom is 0.337 e. The molecule has 0 fully saturated rings. The van der Waals surface area contributed by atoms with Crippen molar-refractivity contribution in [1.29, 1.82) is 0 Å². The first-order chi connectivity index (χ1) is 10.0. The predicted octanol–water partition coefficient (Wildman–Crippen LogP) is 2.24. The lowest BCUT2D eigenvalue weighted by Gasteiger charge is -2.04. The molecule has 0 atom stereocenters. The summed E-state index contributed by atoms with van der Waals surface area (Å²) in [7, 11) is 1.41. The third-order valence-corrected chi connectivity index (χ3v) is 3.35. The fourth-order valence-electron chi connectivity index (χ4n) is 1.41. The molecule has 2 aromatic heterocycles. The van der Waals surface area contributed by atoms with Gasteiger partial charge in [0.15, 0.2) is 5.03 Å². The predicted molar refractivity (Wildman–Crippen MR) is 72.8 cm³/mol. The lowest BCUT2D eigenvalue weighted by atomic mass is 10.3. The zero-order valence-electron chi connectivity index (χ0n) is 10.7. The van der Waals surface area contributed by atoms with Gasteiger partial charge in [0.2, 0.25) is 5.88 Å². The third-order valence-electron chi connectivity index (χ3n) is 2.41. The van der Waals surface area contributed by atoms with E-state index in [4.69, 9.17) is 9.84 Å². The van der Waals surface area contributed by atoms with Gasteiger partial charge in [0, 0.05) is 18.3 Å². The number of aromatic carboxylic acids is 1. The van der Waals surface area contributed by atoms with Crippen molar-refractivity contribution in [2.24, 2.45) is 0 Å². The Kier molecular flexibility index (Phi) is 4.33. The summed E-state index contributed by atoms with van der Waals surface area (Å²) < 4.78 is 4.93. The number of nitro groups is 1. The molecule has 0 aliphatic heterocycles. The van der Waals surface area contributed by atoms with E-state index < -0.39 is 10.9 Å². The largest absolute Gasteiger partial charge is 0.481 e. The molecule has 9 heteroatoms. The zero-order chi connectivity index (χ0) is 15.4. The molecule has 0 unspecified atom stereocenters. The van der Waals surface area contributed by atoms with E-state index in [1.54, 1.807) is 0 Å². The van der Waals surface area contributed by atoms with Crippen molar-refractivity contribution < 1.29 is 19.6 Å². The van der Waals surface area contributed by atoms with Crippen molar-refractivity contribution >= 4 is 23.4 Å². The first kappa shape index (κ1) is 14.7. The first-order valence-corrected chi connectivity index (χ1v) is 6.39. The van der Waals surface area contributed by atoms with Gasteiger partial charge < -0.3 is 9.84 Å². The van der Waals surface area contributed by atoms with Crippen LogP contribution in [-0.4, -0.2) is 33.1 Å². The van der Waals surface area contributed by atoms with Crippen LogP contribution in [0.4, 0.5) is 5.69 Å². The summed E-state index contributed by atoms with van der Waals surface area (Å²) in [4.78, 5) is 29.1. The highest BCUT2D eigenvalue weighted by molar-refractivity contribution is 7.99. The molecular weight excluding hydrogens is 298 g/mol. The summed E-state index contributed by atoms with van der Waals surface area (Å²) in [6.07, 6.45) is 1.18. The molecule has 0 spiro atoms. The Morgan fingerprint density at radius 3 is 2.67 bits per heavy atom. The SMILES string of the molecule is COc1ccc([N+](=O)[O-])c(Sc2ccc(C(=O)O)cn2)n1. The maximum absolute atomic E-state index is 11.0. The van der Waals surface area contributed by atoms with Crippen molar-refractivity contribution in [3.05, 3.63) is 46.1 Å². The van der Waals surface area contributed by atoms with Crippen LogP contribution < -0.4 is 4.74 Å². The van der Waals surface area contributed by atoms with Crippen molar-refractivity contribution in [3.8, 4) is 5.88 Å². The van der Waals surface area contributed by atoms with Crippen LogP contribution in [0.15, 0.2) is 40.5 Å². The minimum absolute atomic E-state index is 0.0347. The number of pyridine rings is 2. The fourth-order valence-corrected chi connectivity index (χ4v) is 2.23. The summed E-state index contributed by atoms with van der Waals surface area (Å²) in [5.74, 6) is -0.852. The quantitative estimate of drug-likeness (QED) is 0.660. The number of nitrogens with zero attached hydrogens (tertiary/aromatic N) is 3. The van der Waals surface area contributed by atoms with Gasteiger partial charge in [-0.1, -0.05) is 0 Å². The second-order valence-corrected chi connectivity index (χ2v) is 4.74. The van der Waals surface area contributed by atoms with Gasteiger partial charge in [-0.05, 0) is 23.9 Å². The molecule has 108 valence electrons. The lowest BCUT2D eigenvalue weighted by molar-refractivity contribution is -0.388. The number of hydrogen-bond acceptors (Lipinski definition) is 7. The van der Waals surface area contributed by atoms with Crippen LogP contribution in [0, 0.1) is 10.1 Å². The second kappa shape index (κ2) is 6.18. The molecular formula is C12H9N3O5S. The van der Waals surface area contributed by atoms with E-state index in [9.17, 15) is 14.9 Å². The monoisotopic (exact) mass is 307 g/mol. The molecule has 2 aromatic rings. The Labute approximate surface area is 123 Å². The van der Waals surface area contributed by atoms with Gasteiger partial charge in [0.25, 0.3) is 0 Å². The molecule has 0 saturated heterocycles. The van der Waals surface area contributed by atoms with Gasteiger partial charge in [-0.15, -0.1) is 0 Å². The minimum Gasteiger partial charge on any atom is -0.481 e. The molecule has 0 aliphatic carbocycles. The van der Waals surface area contributed by atoms with Crippen molar-refractivity contribution in [1.82, 2.24) is 9.97 Å². The summed E-state index contributed by atoms with van der Waals surface area (Å²) in [5.41, 5.74) is -0.141. The zero-order valence-corrected chi connectivity index (χ0v) is 11.5. The summed E-state index contributed by atoms with van der Waals surface area (Å²) >= 11 is 0.956. The van der Waals surface area contributed by atoms with Gasteiger partial charge in [-0.3, -0.25) is 10.1 Å². The molecule has 2 rings (SSSR count). The fraction of sp³-hybridized carbons (Fsp3) is 0.0833. The topological polar surface area (TPSA) is 115 Å². The third kappa shape index (κ3) is 3.45. The average molecular weight is 307 g/mol.